The van der Waals surface area contributed by atoms with Crippen LogP contribution in [0.1, 0.15) is 0 Å². The van der Waals surface area contributed by atoms with Gasteiger partial charge in [0.05, 0.1) is 9.47 Å². The van der Waals surface area contributed by atoms with Gasteiger partial charge >= 0.3 is 0 Å². The van der Waals surface area contributed by atoms with Crippen molar-refractivity contribution in [1.29, 1.82) is 0 Å². The highest BCUT2D eigenvalue weighted by Crippen LogP contribution is 1.91. The Morgan fingerprint density at radius 3 is 2.20 bits per heavy atom. The van der Waals surface area contributed by atoms with Gasteiger partial charge in [-0.2, -0.15) is 0 Å². The van der Waals surface area contributed by atoms with E-state index in [1.54, 1.807) is 0 Å². The first-order chi connectivity index (χ1) is 2.27. The van der Waals surface area contributed by atoms with Crippen LogP contribution in [0, 0.1) is 0 Å². The molecule has 0 fully saturated rings. The molecule has 1 nitrogen and oxygen atoms in total. The molecule has 1 atom stereocenters. The molecule has 4 heteroatoms. The molecular formula is CH3OPS2. The van der Waals surface area contributed by atoms with Crippen LogP contribution in [0.3, 0.4) is 0 Å². The minimum absolute atomic E-state index is 0.245. The van der Waals surface area contributed by atoms with Crippen LogP contribution in [0.15, 0.2) is 0 Å². The molecule has 0 N–H and O–H groups in total. The molecule has 0 saturated carbocycles. The van der Waals surface area contributed by atoms with Crippen LogP contribution in [-0.2, 0) is 4.52 Å². The molecule has 0 heterocycles. The molecule has 0 aliphatic rings. The van der Waals surface area contributed by atoms with E-state index >= 15 is 0 Å². The molecule has 0 aromatic carbocycles. The fourth-order valence-electron chi connectivity index (χ4n) is 0. The lowest BCUT2D eigenvalue weighted by Crippen LogP contribution is -1.71. The van der Waals surface area contributed by atoms with Crippen molar-refractivity contribution in [3.8, 4) is 0 Å². The lowest BCUT2D eigenvalue weighted by atomic mass is 11.7. The molecule has 0 rings (SSSR count). The van der Waals surface area contributed by atoms with Gasteiger partial charge < -0.3 is 4.52 Å². The second-order valence-corrected chi connectivity index (χ2v) is 1.70. The van der Waals surface area contributed by atoms with Crippen LogP contribution in [0.5, 0.6) is 0 Å². The number of thiol groups is 1. The minimum atomic E-state index is 0.245. The standard InChI is InChI=1S/CH3OPS2/c3-2-1(4)5/h3H2,(H,4,5). The Kier molecular flexibility index (Phi) is 3.27. The maximum absolute atomic E-state index is 4.32. The van der Waals surface area contributed by atoms with Crippen molar-refractivity contribution < 1.29 is 4.52 Å². The van der Waals surface area contributed by atoms with Gasteiger partial charge in [-0.25, -0.2) is 0 Å². The fraction of sp³-hybridized carbons (Fsp3) is 0. The van der Waals surface area contributed by atoms with Gasteiger partial charge in [0.15, 0.2) is 0 Å². The van der Waals surface area contributed by atoms with Crippen molar-refractivity contribution in [3.05, 3.63) is 0 Å². The van der Waals surface area contributed by atoms with Gasteiger partial charge in [-0.05, 0) is 12.2 Å². The monoisotopic (exact) mass is 126 g/mol. The van der Waals surface area contributed by atoms with E-state index in [9.17, 15) is 0 Å². The Hall–Kier alpha value is 0.670. The summed E-state index contributed by atoms with van der Waals surface area (Å²) in [5.41, 5.74) is 0. The van der Waals surface area contributed by atoms with Crippen LogP contribution in [-0.4, -0.2) is 4.38 Å². The quantitative estimate of drug-likeness (QED) is 0.294. The van der Waals surface area contributed by atoms with Crippen LogP contribution in [0.25, 0.3) is 0 Å². The number of rotatable bonds is 0. The lowest BCUT2D eigenvalue weighted by molar-refractivity contribution is 0.681. The van der Waals surface area contributed by atoms with Crippen LogP contribution in [0.4, 0.5) is 0 Å². The summed E-state index contributed by atoms with van der Waals surface area (Å²) in [5.74, 6) is 0. The Morgan fingerprint density at radius 1 is 2.00 bits per heavy atom. The highest BCUT2D eigenvalue weighted by atomic mass is 32.1. The van der Waals surface area contributed by atoms with Crippen LogP contribution < -0.4 is 0 Å². The molecule has 0 aliphatic heterocycles. The SMILES string of the molecule is POC(=S)S. The van der Waals surface area contributed by atoms with Crippen molar-refractivity contribution in [2.24, 2.45) is 0 Å². The minimum Gasteiger partial charge on any atom is -0.465 e. The zero-order chi connectivity index (χ0) is 4.28. The van der Waals surface area contributed by atoms with E-state index < -0.39 is 0 Å². The van der Waals surface area contributed by atoms with Crippen LogP contribution in [0.2, 0.25) is 0 Å². The molecule has 1 unspecified atom stereocenters. The fourth-order valence-corrected chi connectivity index (χ4v) is 0. The Balaban J connectivity index is 2.85. The van der Waals surface area contributed by atoms with Crippen molar-refractivity contribution in [2.45, 2.75) is 0 Å². The summed E-state index contributed by atoms with van der Waals surface area (Å²) in [6.45, 7) is 0. The Morgan fingerprint density at radius 2 is 2.20 bits per heavy atom. The summed E-state index contributed by atoms with van der Waals surface area (Å²) in [6, 6.07) is 0. The van der Waals surface area contributed by atoms with E-state index in [4.69, 9.17) is 0 Å². The van der Waals surface area contributed by atoms with Gasteiger partial charge in [-0.15, -0.1) is 0 Å². The van der Waals surface area contributed by atoms with E-state index in [1.165, 1.54) is 0 Å². The largest absolute Gasteiger partial charge is 0.465 e. The maximum Gasteiger partial charge on any atom is 0.218 e. The number of thiocarbonyl (C=S) groups is 1. The van der Waals surface area contributed by atoms with Gasteiger partial charge in [0.2, 0.25) is 4.38 Å². The smallest absolute Gasteiger partial charge is 0.218 e. The lowest BCUT2D eigenvalue weighted by Gasteiger charge is -1.83. The Bertz CT molecular complexity index is 44.9. The first kappa shape index (κ1) is 5.67. The molecule has 0 amide bonds. The van der Waals surface area contributed by atoms with Gasteiger partial charge in [0.1, 0.15) is 0 Å². The van der Waals surface area contributed by atoms with Gasteiger partial charge in [-0.1, -0.05) is 12.6 Å². The molecule has 5 heavy (non-hydrogen) atoms. The first-order valence-corrected chi connectivity index (χ1v) is 2.19. The van der Waals surface area contributed by atoms with Gasteiger partial charge in [-0.3, -0.25) is 0 Å². The third kappa shape index (κ3) is 4.67. The van der Waals surface area contributed by atoms with Gasteiger partial charge in [0, 0.05) is 0 Å². The summed E-state index contributed by atoms with van der Waals surface area (Å²) in [5, 5.41) is 0. The zero-order valence-corrected chi connectivity index (χ0v) is 5.21. The summed E-state index contributed by atoms with van der Waals surface area (Å²) in [7, 11) is 1.98. The number of hydrogen-bond acceptors (Lipinski definition) is 2. The maximum atomic E-state index is 4.32. The third-order valence-corrected chi connectivity index (χ3v) is 0.907. The van der Waals surface area contributed by atoms with Crippen molar-refractivity contribution in [2.75, 3.05) is 0 Å². The average molecular weight is 126 g/mol. The molecule has 0 spiro atoms. The topological polar surface area (TPSA) is 9.23 Å². The van der Waals surface area contributed by atoms with Crippen molar-refractivity contribution in [3.63, 3.8) is 0 Å². The molecule has 0 radical (unpaired) electrons. The summed E-state index contributed by atoms with van der Waals surface area (Å²) < 4.78 is 4.51. The second-order valence-electron chi connectivity index (χ2n) is 0.384. The molecule has 0 bridgehead atoms. The first-order valence-electron chi connectivity index (χ1n) is 0.868. The molecule has 0 aromatic rings. The Labute approximate surface area is 43.8 Å². The third-order valence-electron chi connectivity index (χ3n) is 0.101. The molecule has 0 saturated heterocycles. The van der Waals surface area contributed by atoms with E-state index in [0.29, 0.717) is 0 Å². The van der Waals surface area contributed by atoms with Crippen molar-refractivity contribution in [1.82, 2.24) is 0 Å². The predicted molar refractivity (Wildman–Crippen MR) is 32.4 cm³/mol. The normalized spacial score (nSPS) is 6.80. The zero-order valence-electron chi connectivity index (χ0n) is 2.34. The molecular weight excluding hydrogens is 123 g/mol. The molecule has 0 aromatic heterocycles. The van der Waals surface area contributed by atoms with Crippen molar-refractivity contribution >= 4 is 38.7 Å². The second kappa shape index (κ2) is 2.88. The summed E-state index contributed by atoms with van der Waals surface area (Å²) in [4.78, 5) is 0. The van der Waals surface area contributed by atoms with E-state index in [0.717, 1.165) is 0 Å². The van der Waals surface area contributed by atoms with Crippen LogP contribution >= 0.6 is 34.3 Å². The summed E-state index contributed by atoms with van der Waals surface area (Å²) in [6.07, 6.45) is 0. The number of hydrogen-bond donors (Lipinski definition) is 1. The van der Waals surface area contributed by atoms with Gasteiger partial charge in [0.25, 0.3) is 0 Å². The molecule has 30 valence electrons. The van der Waals surface area contributed by atoms with E-state index in [1.807, 2.05) is 9.47 Å². The average Bonchev–Trinajstić information content (AvgIpc) is 1.38. The van der Waals surface area contributed by atoms with E-state index in [2.05, 4.69) is 29.4 Å². The van der Waals surface area contributed by atoms with E-state index in [-0.39, 0.29) is 4.38 Å². The molecule has 0 aliphatic carbocycles. The highest BCUT2D eigenvalue weighted by molar-refractivity contribution is 8.10. The predicted octanol–water partition coefficient (Wildman–Crippen LogP) is 1.01. The highest BCUT2D eigenvalue weighted by Gasteiger charge is 1.71. The summed E-state index contributed by atoms with van der Waals surface area (Å²) >= 11 is 7.90.